The first-order chi connectivity index (χ1) is 6.13. The second-order valence-corrected chi connectivity index (χ2v) is 3.81. The van der Waals surface area contributed by atoms with E-state index < -0.39 is 0 Å². The van der Waals surface area contributed by atoms with Crippen LogP contribution in [0.2, 0.25) is 0 Å². The summed E-state index contributed by atoms with van der Waals surface area (Å²) in [5, 5.41) is 0. The molecule has 1 rings (SSSR count). The Labute approximate surface area is 79.6 Å². The number of nitrogens with two attached hydrogens (primary N) is 1. The Morgan fingerprint density at radius 2 is 2.15 bits per heavy atom. The molecule has 0 aliphatic carbocycles. The monoisotopic (exact) mass is 182 g/mol. The van der Waals surface area contributed by atoms with Crippen LogP contribution in [0.5, 0.6) is 0 Å². The van der Waals surface area contributed by atoms with Gasteiger partial charge in [-0.2, -0.15) is 0 Å². The minimum absolute atomic E-state index is 0.0827. The SMILES string of the molecule is CC(C)C(N)C(=O)N1CC=CCC1. The van der Waals surface area contributed by atoms with Crippen LogP contribution >= 0.6 is 0 Å². The summed E-state index contributed by atoms with van der Waals surface area (Å²) in [6.45, 7) is 5.49. The molecule has 1 heterocycles. The van der Waals surface area contributed by atoms with Crippen LogP contribution in [0.15, 0.2) is 12.2 Å². The van der Waals surface area contributed by atoms with E-state index in [2.05, 4.69) is 6.08 Å². The van der Waals surface area contributed by atoms with E-state index >= 15 is 0 Å². The molecule has 1 aliphatic heterocycles. The molecule has 1 amide bonds. The molecule has 0 fully saturated rings. The summed E-state index contributed by atoms with van der Waals surface area (Å²) in [5.74, 6) is 0.303. The second-order valence-electron chi connectivity index (χ2n) is 3.81. The van der Waals surface area contributed by atoms with Crippen molar-refractivity contribution in [1.82, 2.24) is 4.90 Å². The average molecular weight is 182 g/mol. The third-order valence-electron chi connectivity index (χ3n) is 2.37. The Kier molecular flexibility index (Phi) is 3.48. The summed E-state index contributed by atoms with van der Waals surface area (Å²) in [7, 11) is 0. The van der Waals surface area contributed by atoms with Gasteiger partial charge < -0.3 is 10.6 Å². The molecule has 0 aromatic carbocycles. The zero-order valence-corrected chi connectivity index (χ0v) is 8.36. The van der Waals surface area contributed by atoms with Gasteiger partial charge in [-0.25, -0.2) is 0 Å². The largest absolute Gasteiger partial charge is 0.337 e. The fraction of sp³-hybridized carbons (Fsp3) is 0.700. The molecule has 1 aliphatic rings. The van der Waals surface area contributed by atoms with Gasteiger partial charge in [-0.05, 0) is 12.3 Å². The lowest BCUT2D eigenvalue weighted by Crippen LogP contribution is -2.47. The van der Waals surface area contributed by atoms with Gasteiger partial charge in [0.2, 0.25) is 5.91 Å². The van der Waals surface area contributed by atoms with Crippen molar-refractivity contribution in [3.63, 3.8) is 0 Å². The standard InChI is InChI=1S/C10H18N2O/c1-8(2)9(11)10(13)12-6-4-3-5-7-12/h3-4,8-9H,5-7,11H2,1-2H3. The zero-order chi connectivity index (χ0) is 9.84. The van der Waals surface area contributed by atoms with Crippen molar-refractivity contribution in [2.24, 2.45) is 11.7 Å². The molecule has 0 aromatic rings. The molecule has 0 spiro atoms. The van der Waals surface area contributed by atoms with Crippen molar-refractivity contribution in [3.8, 4) is 0 Å². The lowest BCUT2D eigenvalue weighted by molar-refractivity contribution is -0.133. The highest BCUT2D eigenvalue weighted by Gasteiger charge is 2.22. The Hall–Kier alpha value is -0.830. The van der Waals surface area contributed by atoms with Crippen LogP contribution < -0.4 is 5.73 Å². The number of rotatable bonds is 2. The molecule has 0 radical (unpaired) electrons. The van der Waals surface area contributed by atoms with Gasteiger partial charge >= 0.3 is 0 Å². The third-order valence-corrected chi connectivity index (χ3v) is 2.37. The first-order valence-electron chi connectivity index (χ1n) is 4.82. The van der Waals surface area contributed by atoms with Crippen molar-refractivity contribution in [2.45, 2.75) is 26.3 Å². The van der Waals surface area contributed by atoms with Gasteiger partial charge in [0.1, 0.15) is 0 Å². The number of amides is 1. The van der Waals surface area contributed by atoms with E-state index in [1.165, 1.54) is 0 Å². The molecule has 0 saturated carbocycles. The average Bonchev–Trinajstić information content (AvgIpc) is 2.17. The van der Waals surface area contributed by atoms with Crippen LogP contribution in [-0.4, -0.2) is 29.9 Å². The van der Waals surface area contributed by atoms with E-state index in [9.17, 15) is 4.79 Å². The molecule has 0 saturated heterocycles. The Balaban J connectivity index is 2.51. The van der Waals surface area contributed by atoms with E-state index in [-0.39, 0.29) is 17.9 Å². The lowest BCUT2D eigenvalue weighted by atomic mass is 10.0. The normalized spacial score (nSPS) is 19.2. The second kappa shape index (κ2) is 4.42. The van der Waals surface area contributed by atoms with E-state index in [0.29, 0.717) is 0 Å². The molecular formula is C10H18N2O. The quantitative estimate of drug-likeness (QED) is 0.641. The molecule has 3 heteroatoms. The maximum Gasteiger partial charge on any atom is 0.240 e. The Morgan fingerprint density at radius 3 is 2.62 bits per heavy atom. The van der Waals surface area contributed by atoms with Gasteiger partial charge in [0.05, 0.1) is 6.04 Å². The van der Waals surface area contributed by atoms with E-state index in [1.807, 2.05) is 24.8 Å². The first kappa shape index (κ1) is 10.3. The van der Waals surface area contributed by atoms with Gasteiger partial charge in [0.15, 0.2) is 0 Å². The molecule has 0 bridgehead atoms. The van der Waals surface area contributed by atoms with Crippen LogP contribution in [0.3, 0.4) is 0 Å². The minimum Gasteiger partial charge on any atom is -0.337 e. The Bertz CT molecular complexity index is 211. The summed E-state index contributed by atoms with van der Waals surface area (Å²) >= 11 is 0. The van der Waals surface area contributed by atoms with E-state index in [1.54, 1.807) is 0 Å². The minimum atomic E-state index is -0.341. The molecule has 2 N–H and O–H groups in total. The van der Waals surface area contributed by atoms with Gasteiger partial charge in [0.25, 0.3) is 0 Å². The molecule has 74 valence electrons. The number of carbonyl (C=O) groups excluding carboxylic acids is 1. The fourth-order valence-electron chi connectivity index (χ4n) is 1.34. The van der Waals surface area contributed by atoms with Gasteiger partial charge in [-0.1, -0.05) is 26.0 Å². The first-order valence-corrected chi connectivity index (χ1v) is 4.82. The molecule has 13 heavy (non-hydrogen) atoms. The van der Waals surface area contributed by atoms with E-state index in [0.717, 1.165) is 19.5 Å². The van der Waals surface area contributed by atoms with Gasteiger partial charge in [-0.15, -0.1) is 0 Å². The van der Waals surface area contributed by atoms with Crippen LogP contribution in [0, 0.1) is 5.92 Å². The summed E-state index contributed by atoms with van der Waals surface area (Å²) in [6, 6.07) is -0.341. The van der Waals surface area contributed by atoms with Gasteiger partial charge in [0, 0.05) is 13.1 Å². The Morgan fingerprint density at radius 1 is 1.46 bits per heavy atom. The van der Waals surface area contributed by atoms with Crippen LogP contribution in [0.25, 0.3) is 0 Å². The van der Waals surface area contributed by atoms with Crippen molar-refractivity contribution in [3.05, 3.63) is 12.2 Å². The maximum atomic E-state index is 11.7. The van der Waals surface area contributed by atoms with Gasteiger partial charge in [-0.3, -0.25) is 4.79 Å². The van der Waals surface area contributed by atoms with E-state index in [4.69, 9.17) is 5.73 Å². The van der Waals surface area contributed by atoms with Crippen LogP contribution in [0.1, 0.15) is 20.3 Å². The molecular weight excluding hydrogens is 164 g/mol. The zero-order valence-electron chi connectivity index (χ0n) is 8.36. The topological polar surface area (TPSA) is 46.3 Å². The summed E-state index contributed by atoms with van der Waals surface area (Å²) in [4.78, 5) is 13.5. The molecule has 0 aromatic heterocycles. The smallest absolute Gasteiger partial charge is 0.240 e. The summed E-state index contributed by atoms with van der Waals surface area (Å²) < 4.78 is 0. The molecule has 1 unspecified atom stereocenters. The number of carbonyl (C=O) groups is 1. The molecule has 3 nitrogen and oxygen atoms in total. The predicted molar refractivity (Wildman–Crippen MR) is 53.2 cm³/mol. The van der Waals surface area contributed by atoms with Crippen molar-refractivity contribution in [1.29, 1.82) is 0 Å². The highest BCUT2D eigenvalue weighted by molar-refractivity contribution is 5.82. The summed E-state index contributed by atoms with van der Waals surface area (Å²) in [5.41, 5.74) is 5.78. The fourth-order valence-corrected chi connectivity index (χ4v) is 1.34. The lowest BCUT2D eigenvalue weighted by Gasteiger charge is -2.27. The third kappa shape index (κ3) is 2.56. The van der Waals surface area contributed by atoms with Crippen LogP contribution in [0.4, 0.5) is 0 Å². The maximum absolute atomic E-state index is 11.7. The van der Waals surface area contributed by atoms with Crippen molar-refractivity contribution < 1.29 is 4.79 Å². The predicted octanol–water partition coefficient (Wildman–Crippen LogP) is 0.758. The highest BCUT2D eigenvalue weighted by atomic mass is 16.2. The number of nitrogens with zero attached hydrogens (tertiary/aromatic N) is 1. The summed E-state index contributed by atoms with van der Waals surface area (Å²) in [6.07, 6.45) is 5.08. The molecule has 1 atom stereocenters. The van der Waals surface area contributed by atoms with Crippen molar-refractivity contribution >= 4 is 5.91 Å². The highest BCUT2D eigenvalue weighted by Crippen LogP contribution is 2.07. The number of hydrogen-bond donors (Lipinski definition) is 1. The van der Waals surface area contributed by atoms with Crippen LogP contribution in [-0.2, 0) is 4.79 Å². The van der Waals surface area contributed by atoms with Crippen molar-refractivity contribution in [2.75, 3.05) is 13.1 Å². The number of hydrogen-bond acceptors (Lipinski definition) is 2.